The van der Waals surface area contributed by atoms with Gasteiger partial charge in [0, 0.05) is 10.4 Å². The van der Waals surface area contributed by atoms with Crippen LogP contribution in [0.15, 0.2) is 30.3 Å². The van der Waals surface area contributed by atoms with Gasteiger partial charge >= 0.3 is 0 Å². The molecule has 2 nitrogen and oxygen atoms in total. The van der Waals surface area contributed by atoms with Gasteiger partial charge in [-0.05, 0) is 18.2 Å². The minimum atomic E-state index is -0.471. The van der Waals surface area contributed by atoms with Crippen molar-refractivity contribution in [3.63, 3.8) is 0 Å². The molecule has 3 N–H and O–H groups in total. The normalized spacial score (nSPS) is 12.7. The molecule has 0 saturated carbocycles. The van der Waals surface area contributed by atoms with Crippen LogP contribution >= 0.6 is 34.5 Å². The average molecular weight is 291 g/mol. The van der Waals surface area contributed by atoms with Gasteiger partial charge in [-0.25, -0.2) is 9.82 Å². The summed E-state index contributed by atoms with van der Waals surface area (Å²) in [6, 6.07) is 7.91. The molecule has 90 valence electrons. The van der Waals surface area contributed by atoms with E-state index in [1.165, 1.54) is 17.4 Å². The number of hydrogen-bond acceptors (Lipinski definition) is 3. The number of nitrogens with two attached hydrogens (primary N) is 1. The van der Waals surface area contributed by atoms with E-state index in [9.17, 15) is 4.39 Å². The number of benzene rings is 1. The van der Waals surface area contributed by atoms with Gasteiger partial charge in [0.2, 0.25) is 0 Å². The Hall–Kier alpha value is -0.650. The van der Waals surface area contributed by atoms with Gasteiger partial charge in [0.25, 0.3) is 0 Å². The van der Waals surface area contributed by atoms with Gasteiger partial charge < -0.3 is 0 Å². The molecular formula is C11H9Cl2FN2S. The summed E-state index contributed by atoms with van der Waals surface area (Å²) in [5, 5.41) is 0.0744. The van der Waals surface area contributed by atoms with Crippen LogP contribution in [-0.2, 0) is 0 Å². The Morgan fingerprint density at radius 1 is 1.24 bits per heavy atom. The largest absolute Gasteiger partial charge is 0.271 e. The Kier molecular flexibility index (Phi) is 4.01. The molecule has 0 amide bonds. The summed E-state index contributed by atoms with van der Waals surface area (Å²) in [7, 11) is 0. The second-order valence-corrected chi connectivity index (χ2v) is 5.54. The minimum Gasteiger partial charge on any atom is -0.271 e. The average Bonchev–Trinajstić information content (AvgIpc) is 2.72. The van der Waals surface area contributed by atoms with Gasteiger partial charge in [-0.1, -0.05) is 35.3 Å². The summed E-state index contributed by atoms with van der Waals surface area (Å²) in [5.41, 5.74) is 2.97. The number of hydrogen-bond donors (Lipinski definition) is 2. The van der Waals surface area contributed by atoms with E-state index in [1.54, 1.807) is 24.3 Å². The Morgan fingerprint density at radius 2 is 2.00 bits per heavy atom. The molecule has 6 heteroatoms. The summed E-state index contributed by atoms with van der Waals surface area (Å²) in [4.78, 5) is 0.832. The number of thiophene rings is 1. The first-order valence-electron chi connectivity index (χ1n) is 4.78. The van der Waals surface area contributed by atoms with Gasteiger partial charge in [-0.15, -0.1) is 11.3 Å². The van der Waals surface area contributed by atoms with Crippen molar-refractivity contribution >= 4 is 34.5 Å². The van der Waals surface area contributed by atoms with Gasteiger partial charge in [0.15, 0.2) is 0 Å². The lowest BCUT2D eigenvalue weighted by atomic mass is 10.1. The molecule has 1 aromatic heterocycles. The first-order chi connectivity index (χ1) is 8.13. The van der Waals surface area contributed by atoms with Crippen LogP contribution in [-0.4, -0.2) is 0 Å². The number of rotatable bonds is 3. The lowest BCUT2D eigenvalue weighted by Crippen LogP contribution is -2.28. The molecule has 0 spiro atoms. The fourth-order valence-corrected chi connectivity index (χ4v) is 2.87. The number of nitrogens with one attached hydrogen (secondary N) is 1. The molecule has 0 fully saturated rings. The van der Waals surface area contributed by atoms with Crippen LogP contribution in [0.25, 0.3) is 0 Å². The number of hydrazine groups is 1. The predicted octanol–water partition coefficient (Wildman–Crippen LogP) is 3.75. The smallest absolute Gasteiger partial charge is 0.146 e. The lowest BCUT2D eigenvalue weighted by molar-refractivity contribution is 0.564. The number of halogens is 3. The van der Waals surface area contributed by atoms with E-state index in [4.69, 9.17) is 29.0 Å². The first kappa shape index (κ1) is 12.8. The molecule has 1 unspecified atom stereocenters. The van der Waals surface area contributed by atoms with Crippen LogP contribution in [0.1, 0.15) is 16.5 Å². The van der Waals surface area contributed by atoms with Crippen molar-refractivity contribution in [2.45, 2.75) is 6.04 Å². The Balaban J connectivity index is 2.45. The van der Waals surface area contributed by atoms with Crippen LogP contribution in [0.5, 0.6) is 0 Å². The van der Waals surface area contributed by atoms with E-state index < -0.39 is 11.9 Å². The Morgan fingerprint density at radius 3 is 2.59 bits per heavy atom. The van der Waals surface area contributed by atoms with Gasteiger partial charge in [0.05, 0.1) is 15.4 Å². The SMILES string of the molecule is NNC(c1ccc(Cl)s1)c1cccc(Cl)c1F. The second kappa shape index (κ2) is 5.33. The van der Waals surface area contributed by atoms with E-state index in [1.807, 2.05) is 0 Å². The summed E-state index contributed by atoms with van der Waals surface area (Å²) in [6.07, 6.45) is 0. The summed E-state index contributed by atoms with van der Waals surface area (Å²) in [6.45, 7) is 0. The fraction of sp³-hybridized carbons (Fsp3) is 0.0909. The molecule has 2 aromatic rings. The quantitative estimate of drug-likeness (QED) is 0.667. The van der Waals surface area contributed by atoms with Gasteiger partial charge in [-0.2, -0.15) is 0 Å². The predicted molar refractivity (Wildman–Crippen MR) is 69.9 cm³/mol. The summed E-state index contributed by atoms with van der Waals surface area (Å²) >= 11 is 12.9. The molecule has 17 heavy (non-hydrogen) atoms. The molecule has 1 aromatic carbocycles. The minimum absolute atomic E-state index is 0.0744. The monoisotopic (exact) mass is 290 g/mol. The van der Waals surface area contributed by atoms with E-state index in [2.05, 4.69) is 5.43 Å². The maximum Gasteiger partial charge on any atom is 0.146 e. The highest BCUT2D eigenvalue weighted by Crippen LogP contribution is 2.33. The fourth-order valence-electron chi connectivity index (χ4n) is 1.55. The maximum atomic E-state index is 13.9. The van der Waals surface area contributed by atoms with Crippen LogP contribution in [0.3, 0.4) is 0 Å². The molecule has 0 saturated heterocycles. The molecule has 0 radical (unpaired) electrons. The maximum absolute atomic E-state index is 13.9. The van der Waals surface area contributed by atoms with Crippen molar-refractivity contribution in [2.24, 2.45) is 5.84 Å². The molecule has 2 rings (SSSR count). The Bertz CT molecular complexity index is 530. The molecule has 0 aliphatic rings. The Labute approximate surface area is 112 Å². The zero-order chi connectivity index (χ0) is 12.4. The molecule has 0 aliphatic carbocycles. The third-order valence-electron chi connectivity index (χ3n) is 2.34. The van der Waals surface area contributed by atoms with Crippen LogP contribution < -0.4 is 11.3 Å². The molecule has 1 atom stereocenters. The van der Waals surface area contributed by atoms with Crippen molar-refractivity contribution in [3.8, 4) is 0 Å². The van der Waals surface area contributed by atoms with Crippen molar-refractivity contribution in [1.29, 1.82) is 0 Å². The van der Waals surface area contributed by atoms with Crippen LogP contribution in [0, 0.1) is 5.82 Å². The standard InChI is InChI=1S/C11H9Cl2FN2S/c12-7-3-1-2-6(10(7)14)11(16-15)8-4-5-9(13)17-8/h1-5,11,16H,15H2. The molecular weight excluding hydrogens is 282 g/mol. The van der Waals surface area contributed by atoms with Crippen molar-refractivity contribution in [3.05, 3.63) is 55.9 Å². The van der Waals surface area contributed by atoms with E-state index in [0.717, 1.165) is 4.88 Å². The van der Waals surface area contributed by atoms with E-state index in [0.29, 0.717) is 9.90 Å². The van der Waals surface area contributed by atoms with Crippen molar-refractivity contribution in [2.75, 3.05) is 0 Å². The van der Waals surface area contributed by atoms with Crippen LogP contribution in [0.4, 0.5) is 4.39 Å². The summed E-state index contributed by atoms with van der Waals surface area (Å²) < 4.78 is 14.5. The van der Waals surface area contributed by atoms with E-state index >= 15 is 0 Å². The summed E-state index contributed by atoms with van der Waals surface area (Å²) in [5.74, 6) is 5.00. The molecule has 0 aliphatic heterocycles. The topological polar surface area (TPSA) is 38.0 Å². The zero-order valence-electron chi connectivity index (χ0n) is 8.58. The zero-order valence-corrected chi connectivity index (χ0v) is 10.9. The van der Waals surface area contributed by atoms with Crippen molar-refractivity contribution < 1.29 is 4.39 Å². The first-order valence-corrected chi connectivity index (χ1v) is 6.36. The molecule has 1 heterocycles. The van der Waals surface area contributed by atoms with Crippen molar-refractivity contribution in [1.82, 2.24) is 5.43 Å². The third kappa shape index (κ3) is 2.61. The van der Waals surface area contributed by atoms with Crippen LogP contribution in [0.2, 0.25) is 9.36 Å². The second-order valence-electron chi connectivity index (χ2n) is 3.38. The highest BCUT2D eigenvalue weighted by Gasteiger charge is 2.19. The lowest BCUT2D eigenvalue weighted by Gasteiger charge is -2.15. The third-order valence-corrected chi connectivity index (χ3v) is 3.93. The van der Waals surface area contributed by atoms with Gasteiger partial charge in [-0.3, -0.25) is 5.84 Å². The molecule has 0 bridgehead atoms. The van der Waals surface area contributed by atoms with Gasteiger partial charge in [0.1, 0.15) is 5.82 Å². The highest BCUT2D eigenvalue weighted by atomic mass is 35.5. The van der Waals surface area contributed by atoms with E-state index in [-0.39, 0.29) is 5.02 Å². The highest BCUT2D eigenvalue weighted by molar-refractivity contribution is 7.16.